The number of halogens is 1. The minimum Gasteiger partial charge on any atom is -0.381 e. The van der Waals surface area contributed by atoms with E-state index in [-0.39, 0.29) is 5.91 Å². The van der Waals surface area contributed by atoms with Gasteiger partial charge in [-0.15, -0.1) is 0 Å². The number of aromatic nitrogens is 3. The van der Waals surface area contributed by atoms with Crippen molar-refractivity contribution in [2.24, 2.45) is 0 Å². The molecule has 4 rings (SSSR count). The Labute approximate surface area is 178 Å². The topological polar surface area (TPSA) is 69.0 Å². The van der Waals surface area contributed by atoms with E-state index in [0.717, 1.165) is 21.2 Å². The molecule has 1 saturated heterocycles. The van der Waals surface area contributed by atoms with Gasteiger partial charge in [-0.1, -0.05) is 52.3 Å². The van der Waals surface area contributed by atoms with Gasteiger partial charge in [0.25, 0.3) is 0 Å². The highest BCUT2D eigenvalue weighted by Gasteiger charge is 2.41. The number of amides is 1. The normalized spacial score (nSPS) is 15.8. The number of rotatable bonds is 6. The lowest BCUT2D eigenvalue weighted by Crippen LogP contribution is -2.47. The van der Waals surface area contributed by atoms with Crippen LogP contribution >= 0.6 is 15.9 Å². The molecule has 0 aliphatic carbocycles. The fraction of sp³-hybridized carbons (Fsp3) is 0.318. The summed E-state index contributed by atoms with van der Waals surface area (Å²) in [7, 11) is 0. The van der Waals surface area contributed by atoms with Crippen LogP contribution in [0.1, 0.15) is 29.5 Å². The van der Waals surface area contributed by atoms with Crippen LogP contribution in [0.2, 0.25) is 0 Å². The van der Waals surface area contributed by atoms with E-state index in [9.17, 15) is 4.79 Å². The quantitative estimate of drug-likeness (QED) is 0.618. The van der Waals surface area contributed by atoms with Gasteiger partial charge in [-0.2, -0.15) is 5.10 Å². The highest BCUT2D eigenvalue weighted by atomic mass is 79.9. The van der Waals surface area contributed by atoms with Crippen LogP contribution in [0.3, 0.4) is 0 Å². The summed E-state index contributed by atoms with van der Waals surface area (Å²) in [6.07, 6.45) is 4.61. The molecule has 1 fully saturated rings. The summed E-state index contributed by atoms with van der Waals surface area (Å²) in [4.78, 5) is 17.2. The maximum atomic E-state index is 13.3. The standard InChI is InChI=1S/C22H23BrN4O2/c23-20-7-5-19(6-8-20)22(9-11-29-12-10-22)21(28)25-13-17-1-3-18(4-2-17)14-27-16-24-15-26-27/h1-8,15-16H,9-14H2,(H,25,28). The third-order valence-corrected chi connectivity index (χ3v) is 5.99. The Hall–Kier alpha value is -2.51. The predicted molar refractivity (Wildman–Crippen MR) is 113 cm³/mol. The van der Waals surface area contributed by atoms with Crippen molar-refractivity contribution in [3.8, 4) is 0 Å². The molecule has 1 aliphatic heterocycles. The highest BCUT2D eigenvalue weighted by molar-refractivity contribution is 9.10. The molecule has 0 atom stereocenters. The Kier molecular flexibility index (Phi) is 6.06. The molecule has 6 nitrogen and oxygen atoms in total. The van der Waals surface area contributed by atoms with Gasteiger partial charge in [0.15, 0.2) is 0 Å². The molecule has 1 aliphatic rings. The Balaban J connectivity index is 1.43. The number of nitrogens with one attached hydrogen (secondary N) is 1. The van der Waals surface area contributed by atoms with Gasteiger partial charge in [0.1, 0.15) is 12.7 Å². The molecule has 1 N–H and O–H groups in total. The van der Waals surface area contributed by atoms with Gasteiger partial charge in [0.05, 0.1) is 12.0 Å². The summed E-state index contributed by atoms with van der Waals surface area (Å²) < 4.78 is 8.33. The second kappa shape index (κ2) is 8.88. The summed E-state index contributed by atoms with van der Waals surface area (Å²) in [5.74, 6) is 0.0646. The van der Waals surface area contributed by atoms with Crippen LogP contribution in [0.25, 0.3) is 0 Å². The summed E-state index contributed by atoms with van der Waals surface area (Å²) in [5, 5.41) is 7.28. The predicted octanol–water partition coefficient (Wildman–Crippen LogP) is 3.45. The van der Waals surface area contributed by atoms with Crippen LogP contribution in [-0.2, 0) is 28.0 Å². The van der Waals surface area contributed by atoms with Crippen LogP contribution in [0.5, 0.6) is 0 Å². The van der Waals surface area contributed by atoms with E-state index in [1.165, 1.54) is 6.33 Å². The fourth-order valence-corrected chi connectivity index (χ4v) is 4.02. The number of ether oxygens (including phenoxy) is 1. The summed E-state index contributed by atoms with van der Waals surface area (Å²) >= 11 is 3.48. The summed E-state index contributed by atoms with van der Waals surface area (Å²) in [6, 6.07) is 16.3. The van der Waals surface area contributed by atoms with Gasteiger partial charge in [-0.3, -0.25) is 4.79 Å². The molecule has 7 heteroatoms. The zero-order valence-corrected chi connectivity index (χ0v) is 17.6. The minimum atomic E-state index is -0.536. The number of hydrogen-bond acceptors (Lipinski definition) is 4. The lowest BCUT2D eigenvalue weighted by Gasteiger charge is -2.36. The van der Waals surface area contributed by atoms with E-state index < -0.39 is 5.41 Å². The van der Waals surface area contributed by atoms with E-state index in [1.54, 1.807) is 11.0 Å². The third kappa shape index (κ3) is 4.57. The van der Waals surface area contributed by atoms with Crippen molar-refractivity contribution in [3.05, 3.63) is 82.3 Å². The molecular formula is C22H23BrN4O2. The maximum Gasteiger partial charge on any atom is 0.231 e. The molecule has 29 heavy (non-hydrogen) atoms. The SMILES string of the molecule is O=C(NCc1ccc(Cn2cncn2)cc1)C1(c2ccc(Br)cc2)CCOCC1. The number of hydrogen-bond donors (Lipinski definition) is 1. The number of carbonyl (C=O) groups excluding carboxylic acids is 1. The lowest BCUT2D eigenvalue weighted by atomic mass is 9.73. The molecule has 1 aromatic heterocycles. The maximum absolute atomic E-state index is 13.3. The zero-order chi connectivity index (χ0) is 20.1. The van der Waals surface area contributed by atoms with Crippen molar-refractivity contribution >= 4 is 21.8 Å². The van der Waals surface area contributed by atoms with Gasteiger partial charge in [0, 0.05) is 24.2 Å². The second-order valence-corrected chi connectivity index (χ2v) is 8.21. The van der Waals surface area contributed by atoms with Crippen LogP contribution in [0.15, 0.2) is 65.7 Å². The number of nitrogens with zero attached hydrogens (tertiary/aromatic N) is 3. The van der Waals surface area contributed by atoms with E-state index in [1.807, 2.05) is 36.4 Å². The van der Waals surface area contributed by atoms with Gasteiger partial charge < -0.3 is 10.1 Å². The van der Waals surface area contributed by atoms with Crippen LogP contribution in [0, 0.1) is 0 Å². The van der Waals surface area contributed by atoms with E-state index in [4.69, 9.17) is 4.74 Å². The first kappa shape index (κ1) is 19.8. The Morgan fingerprint density at radius 2 is 1.76 bits per heavy atom. The largest absolute Gasteiger partial charge is 0.381 e. The lowest BCUT2D eigenvalue weighted by molar-refractivity contribution is -0.130. The van der Waals surface area contributed by atoms with Crippen molar-refractivity contribution in [1.82, 2.24) is 20.1 Å². The number of benzene rings is 2. The average Bonchev–Trinajstić information content (AvgIpc) is 3.27. The minimum absolute atomic E-state index is 0.0646. The van der Waals surface area contributed by atoms with Gasteiger partial charge in [-0.25, -0.2) is 9.67 Å². The molecule has 0 saturated carbocycles. The van der Waals surface area contributed by atoms with Crippen molar-refractivity contribution in [2.45, 2.75) is 31.3 Å². The van der Waals surface area contributed by atoms with Crippen molar-refractivity contribution < 1.29 is 9.53 Å². The Morgan fingerprint density at radius 3 is 2.41 bits per heavy atom. The summed E-state index contributed by atoms with van der Waals surface area (Å²) in [5.41, 5.74) is 2.72. The molecular weight excluding hydrogens is 432 g/mol. The van der Waals surface area contributed by atoms with Crippen molar-refractivity contribution in [3.63, 3.8) is 0 Å². The highest BCUT2D eigenvalue weighted by Crippen LogP contribution is 2.35. The Bertz CT molecular complexity index is 934. The molecule has 0 unspecified atom stereocenters. The molecule has 0 radical (unpaired) electrons. The van der Waals surface area contributed by atoms with Gasteiger partial charge in [0.2, 0.25) is 5.91 Å². The molecule has 2 heterocycles. The smallest absolute Gasteiger partial charge is 0.231 e. The average molecular weight is 455 g/mol. The van der Waals surface area contributed by atoms with E-state index >= 15 is 0 Å². The number of carbonyl (C=O) groups is 1. The van der Waals surface area contributed by atoms with Crippen molar-refractivity contribution in [2.75, 3.05) is 13.2 Å². The molecule has 0 spiro atoms. The first-order valence-corrected chi connectivity index (χ1v) is 10.5. The second-order valence-electron chi connectivity index (χ2n) is 7.29. The van der Waals surface area contributed by atoms with Crippen LogP contribution < -0.4 is 5.32 Å². The molecule has 0 bridgehead atoms. The van der Waals surface area contributed by atoms with Crippen LogP contribution in [0.4, 0.5) is 0 Å². The van der Waals surface area contributed by atoms with E-state index in [0.29, 0.717) is 39.1 Å². The molecule has 3 aromatic rings. The van der Waals surface area contributed by atoms with Crippen molar-refractivity contribution in [1.29, 1.82) is 0 Å². The van der Waals surface area contributed by atoms with Crippen LogP contribution in [-0.4, -0.2) is 33.9 Å². The fourth-order valence-electron chi connectivity index (χ4n) is 3.75. The van der Waals surface area contributed by atoms with Gasteiger partial charge >= 0.3 is 0 Å². The summed E-state index contributed by atoms with van der Waals surface area (Å²) in [6.45, 7) is 2.38. The monoisotopic (exact) mass is 454 g/mol. The molecule has 150 valence electrons. The Morgan fingerprint density at radius 1 is 1.07 bits per heavy atom. The molecule has 2 aromatic carbocycles. The zero-order valence-electron chi connectivity index (χ0n) is 16.1. The van der Waals surface area contributed by atoms with E-state index in [2.05, 4.69) is 43.5 Å². The third-order valence-electron chi connectivity index (χ3n) is 5.46. The molecule has 1 amide bonds. The first-order valence-electron chi connectivity index (χ1n) is 9.68. The van der Waals surface area contributed by atoms with Gasteiger partial charge in [-0.05, 0) is 41.7 Å². The first-order chi connectivity index (χ1) is 14.2.